The predicted octanol–water partition coefficient (Wildman–Crippen LogP) is 2.50. The standard InChI is InChI=1S/C14H15ClN2O2S/c1-9-17-12(8-20-9)6-14(19)16-7-13(18)10-2-4-11(15)5-3-10/h2-5,8,13,18H,6-7H2,1H3,(H,16,19). The highest BCUT2D eigenvalue weighted by atomic mass is 35.5. The highest BCUT2D eigenvalue weighted by Gasteiger charge is 2.11. The lowest BCUT2D eigenvalue weighted by Gasteiger charge is -2.12. The maximum atomic E-state index is 11.7. The van der Waals surface area contributed by atoms with Gasteiger partial charge in [-0.2, -0.15) is 0 Å². The molecule has 0 aliphatic rings. The molecule has 0 aliphatic carbocycles. The van der Waals surface area contributed by atoms with Crippen LogP contribution in [0.2, 0.25) is 5.02 Å². The number of benzene rings is 1. The average Bonchev–Trinajstić information content (AvgIpc) is 2.82. The van der Waals surface area contributed by atoms with E-state index in [1.807, 2.05) is 12.3 Å². The van der Waals surface area contributed by atoms with Gasteiger partial charge in [0, 0.05) is 16.9 Å². The molecule has 0 radical (unpaired) electrons. The fourth-order valence-electron chi connectivity index (χ4n) is 1.73. The molecule has 4 nitrogen and oxygen atoms in total. The molecule has 2 aromatic rings. The first kappa shape index (κ1) is 15.0. The number of halogens is 1. The van der Waals surface area contributed by atoms with Gasteiger partial charge in [-0.25, -0.2) is 4.98 Å². The number of aryl methyl sites for hydroxylation is 1. The Hall–Kier alpha value is -1.43. The molecule has 1 aromatic carbocycles. The Labute approximate surface area is 126 Å². The van der Waals surface area contributed by atoms with Crippen molar-refractivity contribution in [2.75, 3.05) is 6.54 Å². The molecule has 1 atom stereocenters. The van der Waals surface area contributed by atoms with Gasteiger partial charge in [0.25, 0.3) is 0 Å². The van der Waals surface area contributed by atoms with Crippen LogP contribution >= 0.6 is 22.9 Å². The molecule has 2 rings (SSSR count). The van der Waals surface area contributed by atoms with E-state index >= 15 is 0 Å². The van der Waals surface area contributed by atoms with E-state index in [4.69, 9.17) is 11.6 Å². The van der Waals surface area contributed by atoms with Gasteiger partial charge in [-0.1, -0.05) is 23.7 Å². The molecular formula is C14H15ClN2O2S. The van der Waals surface area contributed by atoms with Crippen LogP contribution in [0.3, 0.4) is 0 Å². The van der Waals surface area contributed by atoms with Gasteiger partial charge in [-0.05, 0) is 24.6 Å². The first-order valence-corrected chi connectivity index (χ1v) is 7.41. The summed E-state index contributed by atoms with van der Waals surface area (Å²) in [5, 5.41) is 16.1. The molecule has 2 N–H and O–H groups in total. The number of aliphatic hydroxyl groups excluding tert-OH is 1. The molecule has 0 spiro atoms. The number of carbonyl (C=O) groups excluding carboxylic acids is 1. The zero-order valence-electron chi connectivity index (χ0n) is 11.0. The van der Waals surface area contributed by atoms with Crippen molar-refractivity contribution < 1.29 is 9.90 Å². The Morgan fingerprint density at radius 1 is 1.45 bits per heavy atom. The van der Waals surface area contributed by atoms with Crippen LogP contribution in [0.5, 0.6) is 0 Å². The van der Waals surface area contributed by atoms with Gasteiger partial charge >= 0.3 is 0 Å². The molecular weight excluding hydrogens is 296 g/mol. The number of aromatic nitrogens is 1. The van der Waals surface area contributed by atoms with E-state index in [1.165, 1.54) is 11.3 Å². The first-order valence-electron chi connectivity index (χ1n) is 6.16. The van der Waals surface area contributed by atoms with Crippen LogP contribution in [0.4, 0.5) is 0 Å². The van der Waals surface area contributed by atoms with Gasteiger partial charge in [0.15, 0.2) is 0 Å². The van der Waals surface area contributed by atoms with E-state index in [0.29, 0.717) is 5.02 Å². The number of aliphatic hydroxyl groups is 1. The minimum absolute atomic E-state index is 0.150. The monoisotopic (exact) mass is 310 g/mol. The lowest BCUT2D eigenvalue weighted by molar-refractivity contribution is -0.120. The van der Waals surface area contributed by atoms with Gasteiger partial charge in [-0.3, -0.25) is 4.79 Å². The topological polar surface area (TPSA) is 62.2 Å². The van der Waals surface area contributed by atoms with Gasteiger partial charge in [0.2, 0.25) is 5.91 Å². The van der Waals surface area contributed by atoms with Crippen molar-refractivity contribution >= 4 is 28.8 Å². The Morgan fingerprint density at radius 2 is 2.15 bits per heavy atom. The second-order valence-electron chi connectivity index (χ2n) is 4.41. The number of hydrogen-bond donors (Lipinski definition) is 2. The van der Waals surface area contributed by atoms with Crippen molar-refractivity contribution in [3.05, 3.63) is 50.9 Å². The fraction of sp³-hybridized carbons (Fsp3) is 0.286. The van der Waals surface area contributed by atoms with Gasteiger partial charge in [0.1, 0.15) is 0 Å². The summed E-state index contributed by atoms with van der Waals surface area (Å²) in [6.07, 6.45) is -0.508. The summed E-state index contributed by atoms with van der Waals surface area (Å²) in [5.74, 6) is -0.150. The van der Waals surface area contributed by atoms with E-state index in [0.717, 1.165) is 16.3 Å². The summed E-state index contributed by atoms with van der Waals surface area (Å²) in [4.78, 5) is 16.0. The van der Waals surface area contributed by atoms with Gasteiger partial charge in [-0.15, -0.1) is 11.3 Å². The SMILES string of the molecule is Cc1nc(CC(=O)NCC(O)c2ccc(Cl)cc2)cs1. The van der Waals surface area contributed by atoms with Crippen LogP contribution in [-0.4, -0.2) is 22.5 Å². The number of nitrogens with one attached hydrogen (secondary N) is 1. The number of carbonyl (C=O) groups is 1. The zero-order valence-corrected chi connectivity index (χ0v) is 12.5. The summed E-state index contributed by atoms with van der Waals surface area (Å²) in [5.41, 5.74) is 1.48. The average molecular weight is 311 g/mol. The first-order chi connectivity index (χ1) is 9.54. The molecule has 1 amide bonds. The minimum Gasteiger partial charge on any atom is -0.387 e. The molecule has 106 valence electrons. The van der Waals surface area contributed by atoms with E-state index in [-0.39, 0.29) is 18.9 Å². The number of amides is 1. The highest BCUT2D eigenvalue weighted by molar-refractivity contribution is 7.09. The third kappa shape index (κ3) is 4.30. The molecule has 1 unspecified atom stereocenters. The Kier molecular flexibility index (Phi) is 5.11. The zero-order chi connectivity index (χ0) is 14.5. The van der Waals surface area contributed by atoms with Crippen molar-refractivity contribution in [3.8, 4) is 0 Å². The smallest absolute Gasteiger partial charge is 0.226 e. The van der Waals surface area contributed by atoms with Crippen molar-refractivity contribution in [1.82, 2.24) is 10.3 Å². The third-order valence-electron chi connectivity index (χ3n) is 2.76. The molecule has 0 bridgehead atoms. The summed E-state index contributed by atoms with van der Waals surface area (Å²) < 4.78 is 0. The molecule has 0 fully saturated rings. The lowest BCUT2D eigenvalue weighted by Crippen LogP contribution is -2.29. The normalized spacial score (nSPS) is 12.2. The quantitative estimate of drug-likeness (QED) is 0.892. The van der Waals surface area contributed by atoms with Crippen LogP contribution in [0.15, 0.2) is 29.6 Å². The van der Waals surface area contributed by atoms with Crippen LogP contribution in [0, 0.1) is 6.92 Å². The van der Waals surface area contributed by atoms with Crippen molar-refractivity contribution in [3.63, 3.8) is 0 Å². The third-order valence-corrected chi connectivity index (χ3v) is 3.83. The van der Waals surface area contributed by atoms with E-state index < -0.39 is 6.10 Å². The van der Waals surface area contributed by atoms with Crippen LogP contribution in [0.25, 0.3) is 0 Å². The van der Waals surface area contributed by atoms with E-state index in [9.17, 15) is 9.90 Å². The van der Waals surface area contributed by atoms with E-state index in [1.54, 1.807) is 24.3 Å². The number of hydrogen-bond acceptors (Lipinski definition) is 4. The molecule has 0 saturated heterocycles. The molecule has 0 aliphatic heterocycles. The summed E-state index contributed by atoms with van der Waals surface area (Å²) in [6.45, 7) is 2.07. The summed E-state index contributed by atoms with van der Waals surface area (Å²) in [6, 6.07) is 6.89. The molecule has 6 heteroatoms. The van der Waals surface area contributed by atoms with Crippen LogP contribution in [0.1, 0.15) is 22.4 Å². The summed E-state index contributed by atoms with van der Waals surface area (Å²) in [7, 11) is 0. The number of nitrogens with zero attached hydrogens (tertiary/aromatic N) is 1. The molecule has 1 heterocycles. The molecule has 0 saturated carbocycles. The number of rotatable bonds is 5. The molecule has 20 heavy (non-hydrogen) atoms. The van der Waals surface area contributed by atoms with Gasteiger partial charge < -0.3 is 10.4 Å². The second-order valence-corrected chi connectivity index (χ2v) is 5.90. The largest absolute Gasteiger partial charge is 0.387 e. The molecule has 1 aromatic heterocycles. The lowest BCUT2D eigenvalue weighted by atomic mass is 10.1. The van der Waals surface area contributed by atoms with E-state index in [2.05, 4.69) is 10.3 Å². The maximum absolute atomic E-state index is 11.7. The Balaban J connectivity index is 1.82. The fourth-order valence-corrected chi connectivity index (χ4v) is 2.47. The predicted molar refractivity (Wildman–Crippen MR) is 80.0 cm³/mol. The van der Waals surface area contributed by atoms with Crippen molar-refractivity contribution in [1.29, 1.82) is 0 Å². The highest BCUT2D eigenvalue weighted by Crippen LogP contribution is 2.15. The van der Waals surface area contributed by atoms with Crippen LogP contribution < -0.4 is 5.32 Å². The number of thiazole rings is 1. The van der Waals surface area contributed by atoms with Crippen molar-refractivity contribution in [2.24, 2.45) is 0 Å². The second kappa shape index (κ2) is 6.83. The Bertz CT molecular complexity index is 583. The van der Waals surface area contributed by atoms with Gasteiger partial charge in [0.05, 0.1) is 23.2 Å². The maximum Gasteiger partial charge on any atom is 0.226 e. The van der Waals surface area contributed by atoms with Crippen LogP contribution in [-0.2, 0) is 11.2 Å². The van der Waals surface area contributed by atoms with Crippen molar-refractivity contribution in [2.45, 2.75) is 19.4 Å². The minimum atomic E-state index is -0.742. The summed E-state index contributed by atoms with van der Waals surface area (Å²) >= 11 is 7.29. The Morgan fingerprint density at radius 3 is 2.75 bits per heavy atom.